The second-order valence-electron chi connectivity index (χ2n) is 10.4. The van der Waals surface area contributed by atoms with E-state index in [2.05, 4.69) is 12.1 Å². The zero-order chi connectivity index (χ0) is 31.3. The number of carbonyl (C=O) groups excluding carboxylic acids is 4. The van der Waals surface area contributed by atoms with Crippen molar-refractivity contribution in [1.82, 2.24) is 0 Å². The maximum absolute atomic E-state index is 12.4. The lowest BCUT2D eigenvalue weighted by molar-refractivity contribution is -0.367. The summed E-state index contributed by atoms with van der Waals surface area (Å²) in [5.41, 5.74) is 2.76. The number of rotatable bonds is 9. The molecule has 2 aliphatic rings. The molecule has 2 aromatic rings. The molecular formula is C31H35ClO11. The number of carbonyl (C=O) groups is 4. The first-order valence-electron chi connectivity index (χ1n) is 13.8. The fourth-order valence-corrected chi connectivity index (χ4v) is 5.70. The van der Waals surface area contributed by atoms with Gasteiger partial charge in [-0.1, -0.05) is 41.9 Å². The molecule has 0 bridgehead atoms. The van der Waals surface area contributed by atoms with Gasteiger partial charge >= 0.3 is 23.9 Å². The fraction of sp³-hybridized carbons (Fsp3) is 0.484. The fourth-order valence-electron chi connectivity index (χ4n) is 5.54. The Kier molecular flexibility index (Phi) is 10.3. The van der Waals surface area contributed by atoms with Crippen molar-refractivity contribution in [1.29, 1.82) is 0 Å². The first-order chi connectivity index (χ1) is 20.4. The van der Waals surface area contributed by atoms with Crippen LogP contribution in [-0.4, -0.2) is 68.1 Å². The van der Waals surface area contributed by atoms with Crippen LogP contribution in [0, 0.1) is 0 Å². The highest BCUT2D eigenvalue weighted by atomic mass is 35.5. The molecule has 4 rings (SSSR count). The minimum absolute atomic E-state index is 0.170. The van der Waals surface area contributed by atoms with Crippen LogP contribution in [0.1, 0.15) is 50.8 Å². The van der Waals surface area contributed by atoms with E-state index >= 15 is 0 Å². The summed E-state index contributed by atoms with van der Waals surface area (Å²) in [5.74, 6) is -4.49. The number of hydrogen-bond acceptors (Lipinski definition) is 11. The standard InChI is InChI=1S/C31H35ClO11/c1-17(33)38-16-27-28(39-18(2)34)29(40-19(3)35)30(41-20(4)36)31(37-5,43-27)23-11-13-25(32)26(15-23)42-24-12-10-21-8-6-7-9-22(21)14-24/h6-9,11,13,15,24,27-30H,10,12,14,16H2,1-5H3/t24?,27-,28-,29+,30-,31+/m1/s1. The first-order valence-corrected chi connectivity index (χ1v) is 14.2. The Morgan fingerprint density at radius 3 is 2.16 bits per heavy atom. The molecule has 1 fully saturated rings. The summed E-state index contributed by atoms with van der Waals surface area (Å²) < 4.78 is 40.7. The van der Waals surface area contributed by atoms with Crippen LogP contribution in [0.3, 0.4) is 0 Å². The zero-order valence-electron chi connectivity index (χ0n) is 24.6. The quantitative estimate of drug-likeness (QED) is 0.300. The van der Waals surface area contributed by atoms with E-state index in [1.807, 2.05) is 12.1 Å². The third kappa shape index (κ3) is 7.46. The van der Waals surface area contributed by atoms with Crippen LogP contribution in [0.4, 0.5) is 0 Å². The van der Waals surface area contributed by atoms with Gasteiger partial charge in [-0.2, -0.15) is 0 Å². The highest BCUT2D eigenvalue weighted by Crippen LogP contribution is 2.45. The highest BCUT2D eigenvalue weighted by Gasteiger charge is 2.61. The van der Waals surface area contributed by atoms with E-state index in [1.165, 1.54) is 25.2 Å². The largest absolute Gasteiger partial charge is 0.489 e. The van der Waals surface area contributed by atoms with E-state index in [1.54, 1.807) is 18.2 Å². The second-order valence-corrected chi connectivity index (χ2v) is 10.8. The van der Waals surface area contributed by atoms with Crippen LogP contribution < -0.4 is 4.74 Å². The molecule has 43 heavy (non-hydrogen) atoms. The van der Waals surface area contributed by atoms with Crippen molar-refractivity contribution >= 4 is 35.5 Å². The van der Waals surface area contributed by atoms with Crippen LogP contribution in [0.15, 0.2) is 42.5 Å². The number of hydrogen-bond donors (Lipinski definition) is 0. The van der Waals surface area contributed by atoms with Crippen LogP contribution in [0.25, 0.3) is 0 Å². The molecule has 0 amide bonds. The molecule has 0 radical (unpaired) electrons. The molecule has 1 unspecified atom stereocenters. The van der Waals surface area contributed by atoms with Gasteiger partial charge in [0.05, 0.1) is 5.02 Å². The summed E-state index contributed by atoms with van der Waals surface area (Å²) in [4.78, 5) is 48.5. The number of aryl methyl sites for hydroxylation is 1. The lowest BCUT2D eigenvalue weighted by atomic mass is 9.87. The lowest BCUT2D eigenvalue weighted by Crippen LogP contribution is -2.67. The summed E-state index contributed by atoms with van der Waals surface area (Å²) in [6.07, 6.45) is -3.32. The van der Waals surface area contributed by atoms with Gasteiger partial charge in [-0.15, -0.1) is 0 Å². The molecule has 6 atom stereocenters. The van der Waals surface area contributed by atoms with Crippen LogP contribution in [0.2, 0.25) is 5.02 Å². The third-order valence-corrected chi connectivity index (χ3v) is 7.58. The van der Waals surface area contributed by atoms with Gasteiger partial charge in [0.25, 0.3) is 0 Å². The minimum atomic E-state index is -1.95. The second kappa shape index (κ2) is 13.7. The van der Waals surface area contributed by atoms with Crippen molar-refractivity contribution in [2.24, 2.45) is 0 Å². The summed E-state index contributed by atoms with van der Waals surface area (Å²) in [5, 5.41) is 0.319. The SMILES string of the molecule is CO[C@@]1(c2ccc(Cl)c(OC3CCc4ccccc4C3)c2)O[C@H](COC(C)=O)[C@@H](OC(C)=O)[C@H](OC(C)=O)[C@H]1OC(C)=O. The number of halogens is 1. The van der Waals surface area contributed by atoms with E-state index < -0.39 is 60.7 Å². The van der Waals surface area contributed by atoms with E-state index in [-0.39, 0.29) is 6.10 Å². The predicted octanol–water partition coefficient (Wildman–Crippen LogP) is 3.83. The number of esters is 4. The van der Waals surface area contributed by atoms with E-state index in [9.17, 15) is 19.2 Å². The summed E-state index contributed by atoms with van der Waals surface area (Å²) >= 11 is 6.58. The third-order valence-electron chi connectivity index (χ3n) is 7.27. The molecule has 11 nitrogen and oxygen atoms in total. The average Bonchev–Trinajstić information content (AvgIpc) is 2.95. The minimum Gasteiger partial charge on any atom is -0.489 e. The summed E-state index contributed by atoms with van der Waals surface area (Å²) in [6.45, 7) is 4.26. The van der Waals surface area contributed by atoms with Crippen molar-refractivity contribution < 1.29 is 52.3 Å². The average molecular weight is 619 g/mol. The Labute approximate surface area is 254 Å². The Bertz CT molecular complexity index is 1360. The van der Waals surface area contributed by atoms with Crippen LogP contribution in [-0.2, 0) is 66.2 Å². The Hall–Kier alpha value is -3.67. The van der Waals surface area contributed by atoms with Gasteiger partial charge in [0, 0.05) is 46.8 Å². The van der Waals surface area contributed by atoms with Gasteiger partial charge < -0.3 is 33.2 Å². The van der Waals surface area contributed by atoms with Gasteiger partial charge in [0.2, 0.25) is 11.9 Å². The molecule has 1 saturated heterocycles. The zero-order valence-corrected chi connectivity index (χ0v) is 25.4. The van der Waals surface area contributed by atoms with Gasteiger partial charge in [-0.05, 0) is 36.1 Å². The lowest BCUT2D eigenvalue weighted by Gasteiger charge is -2.50. The van der Waals surface area contributed by atoms with Gasteiger partial charge in [0.1, 0.15) is 24.6 Å². The van der Waals surface area contributed by atoms with Crippen LogP contribution >= 0.6 is 11.6 Å². The monoisotopic (exact) mass is 618 g/mol. The molecule has 2 aromatic carbocycles. The number of ether oxygens (including phenoxy) is 7. The molecule has 0 spiro atoms. The summed E-state index contributed by atoms with van der Waals surface area (Å²) in [7, 11) is 1.31. The molecule has 0 N–H and O–H groups in total. The Morgan fingerprint density at radius 2 is 1.53 bits per heavy atom. The van der Waals surface area contributed by atoms with Crippen molar-refractivity contribution in [2.45, 2.75) is 83.3 Å². The topological polar surface area (TPSA) is 133 Å². The van der Waals surface area contributed by atoms with E-state index in [0.29, 0.717) is 22.8 Å². The van der Waals surface area contributed by atoms with Crippen molar-refractivity contribution in [3.8, 4) is 5.75 Å². The molecular weight excluding hydrogens is 584 g/mol. The molecule has 1 heterocycles. The number of benzene rings is 2. The molecule has 1 aliphatic heterocycles. The molecule has 0 aromatic heterocycles. The van der Waals surface area contributed by atoms with Gasteiger partial charge in [-0.3, -0.25) is 19.2 Å². The smallest absolute Gasteiger partial charge is 0.303 e. The Morgan fingerprint density at radius 1 is 0.884 bits per heavy atom. The van der Waals surface area contributed by atoms with Crippen molar-refractivity contribution in [3.05, 3.63) is 64.2 Å². The molecule has 1 aliphatic carbocycles. The van der Waals surface area contributed by atoms with E-state index in [4.69, 9.17) is 44.8 Å². The predicted molar refractivity (Wildman–Crippen MR) is 151 cm³/mol. The number of fused-ring (bicyclic) bond motifs is 1. The number of methoxy groups -OCH3 is 1. The van der Waals surface area contributed by atoms with Crippen molar-refractivity contribution in [3.63, 3.8) is 0 Å². The van der Waals surface area contributed by atoms with Gasteiger partial charge in [0.15, 0.2) is 12.2 Å². The van der Waals surface area contributed by atoms with E-state index in [0.717, 1.165) is 33.6 Å². The molecule has 0 saturated carbocycles. The van der Waals surface area contributed by atoms with Gasteiger partial charge in [-0.25, -0.2) is 0 Å². The maximum Gasteiger partial charge on any atom is 0.303 e. The Balaban J connectivity index is 1.78. The maximum atomic E-state index is 12.4. The first kappa shape index (κ1) is 32.2. The summed E-state index contributed by atoms with van der Waals surface area (Å²) in [6, 6.07) is 12.9. The van der Waals surface area contributed by atoms with Crippen LogP contribution in [0.5, 0.6) is 5.75 Å². The molecule has 232 valence electrons. The normalized spacial score (nSPS) is 26.4. The molecule has 12 heteroatoms. The van der Waals surface area contributed by atoms with Crippen molar-refractivity contribution in [2.75, 3.05) is 13.7 Å². The highest BCUT2D eigenvalue weighted by molar-refractivity contribution is 6.32.